The maximum Gasteiger partial charge on any atom is 0.244 e. The monoisotopic (exact) mass is 481 g/mol. The van der Waals surface area contributed by atoms with Crippen LogP contribution in [0.15, 0.2) is 48.5 Å². The third kappa shape index (κ3) is 7.52. The van der Waals surface area contributed by atoms with Gasteiger partial charge >= 0.3 is 0 Å². The van der Waals surface area contributed by atoms with Crippen molar-refractivity contribution in [2.24, 2.45) is 0 Å². The first-order chi connectivity index (χ1) is 15.5. The summed E-state index contributed by atoms with van der Waals surface area (Å²) in [5.74, 6) is -2.39. The van der Waals surface area contributed by atoms with Crippen molar-refractivity contribution in [2.45, 2.75) is 39.3 Å². The first-order valence-electron chi connectivity index (χ1n) is 10.6. The molecule has 0 spiro atoms. The quantitative estimate of drug-likeness (QED) is 0.500. The number of carbonyl (C=O) groups is 2. The van der Waals surface area contributed by atoms with E-state index >= 15 is 0 Å². The molecule has 0 bridgehead atoms. The lowest BCUT2D eigenvalue weighted by Gasteiger charge is -2.31. The van der Waals surface area contributed by atoms with Gasteiger partial charge in [-0.2, -0.15) is 0 Å². The number of nitrogens with one attached hydrogen (secondary N) is 1. The number of unbranched alkanes of at least 4 members (excludes halogenated alkanes) is 1. The first-order valence-corrected chi connectivity index (χ1v) is 12.4. The number of anilines is 1. The highest BCUT2D eigenvalue weighted by atomic mass is 32.2. The lowest BCUT2D eigenvalue weighted by atomic mass is 10.1. The Morgan fingerprint density at radius 2 is 1.79 bits per heavy atom. The van der Waals surface area contributed by atoms with E-state index in [9.17, 15) is 26.8 Å². The standard InChI is InChI=1S/C23H29F2N3O4S/c1-4-5-13-26-23(30)17(2)27(15-18-9-6-7-12-21(18)25)22(29)16-28(33(3,31)32)20-11-8-10-19(24)14-20/h6-12,14,17H,4-5,13,15-16H2,1-3H3,(H,26,30)/t17-/m1/s1. The second-order valence-corrected chi connectivity index (χ2v) is 9.59. The van der Waals surface area contributed by atoms with E-state index in [1.165, 1.54) is 37.3 Å². The number of rotatable bonds is 11. The second kappa shape index (κ2) is 11.7. The molecule has 2 rings (SSSR count). The zero-order valence-electron chi connectivity index (χ0n) is 18.9. The van der Waals surface area contributed by atoms with Crippen molar-refractivity contribution in [1.29, 1.82) is 0 Å². The summed E-state index contributed by atoms with van der Waals surface area (Å²) >= 11 is 0. The molecule has 7 nitrogen and oxygen atoms in total. The van der Waals surface area contributed by atoms with Gasteiger partial charge in [0.1, 0.15) is 24.2 Å². The average Bonchev–Trinajstić information content (AvgIpc) is 2.75. The van der Waals surface area contributed by atoms with E-state index in [4.69, 9.17) is 0 Å². The van der Waals surface area contributed by atoms with Gasteiger partial charge in [-0.05, 0) is 37.6 Å². The van der Waals surface area contributed by atoms with Crippen LogP contribution in [0, 0.1) is 11.6 Å². The Morgan fingerprint density at radius 3 is 2.39 bits per heavy atom. The summed E-state index contributed by atoms with van der Waals surface area (Å²) in [6.45, 7) is 2.96. The molecule has 180 valence electrons. The molecule has 10 heteroatoms. The molecule has 0 radical (unpaired) electrons. The smallest absolute Gasteiger partial charge is 0.244 e. The third-order valence-corrected chi connectivity index (χ3v) is 6.21. The molecule has 2 aromatic carbocycles. The molecule has 2 amide bonds. The van der Waals surface area contributed by atoms with Gasteiger partial charge in [-0.15, -0.1) is 0 Å². The Morgan fingerprint density at radius 1 is 1.09 bits per heavy atom. The van der Waals surface area contributed by atoms with Crippen LogP contribution in [-0.4, -0.2) is 50.5 Å². The minimum atomic E-state index is -3.96. The van der Waals surface area contributed by atoms with Crippen molar-refractivity contribution < 1.29 is 26.8 Å². The summed E-state index contributed by atoms with van der Waals surface area (Å²) in [4.78, 5) is 27.1. The van der Waals surface area contributed by atoms with E-state index in [2.05, 4.69) is 5.32 Å². The van der Waals surface area contributed by atoms with Crippen LogP contribution in [0.1, 0.15) is 32.3 Å². The Bertz CT molecular complexity index is 1080. The summed E-state index contributed by atoms with van der Waals surface area (Å²) in [7, 11) is -3.96. The lowest BCUT2D eigenvalue weighted by Crippen LogP contribution is -2.51. The van der Waals surface area contributed by atoms with Gasteiger partial charge in [0, 0.05) is 18.7 Å². The molecule has 1 N–H and O–H groups in total. The van der Waals surface area contributed by atoms with E-state index in [-0.39, 0.29) is 17.8 Å². The maximum atomic E-state index is 14.3. The van der Waals surface area contributed by atoms with Crippen LogP contribution in [0.2, 0.25) is 0 Å². The van der Waals surface area contributed by atoms with Gasteiger partial charge in [-0.25, -0.2) is 17.2 Å². The summed E-state index contributed by atoms with van der Waals surface area (Å²) in [5, 5.41) is 2.73. The number of sulfonamides is 1. The second-order valence-electron chi connectivity index (χ2n) is 7.68. The molecule has 0 unspecified atom stereocenters. The predicted molar refractivity (Wildman–Crippen MR) is 123 cm³/mol. The number of benzene rings is 2. The number of carbonyl (C=O) groups excluding carboxylic acids is 2. The molecule has 0 saturated carbocycles. The van der Waals surface area contributed by atoms with Gasteiger partial charge in [-0.3, -0.25) is 13.9 Å². The number of amides is 2. The van der Waals surface area contributed by atoms with Crippen LogP contribution in [0.3, 0.4) is 0 Å². The Kier molecular flexibility index (Phi) is 9.33. The fraction of sp³-hybridized carbons (Fsp3) is 0.391. The van der Waals surface area contributed by atoms with Gasteiger partial charge in [0.25, 0.3) is 0 Å². The predicted octanol–water partition coefficient (Wildman–Crippen LogP) is 3.06. The molecular weight excluding hydrogens is 452 g/mol. The Labute approximate surface area is 193 Å². The van der Waals surface area contributed by atoms with Crippen LogP contribution in [0.4, 0.5) is 14.5 Å². The van der Waals surface area contributed by atoms with Gasteiger partial charge in [0.2, 0.25) is 21.8 Å². The summed E-state index contributed by atoms with van der Waals surface area (Å²) in [6.07, 6.45) is 2.51. The van der Waals surface area contributed by atoms with Crippen molar-refractivity contribution in [1.82, 2.24) is 10.2 Å². The van der Waals surface area contributed by atoms with Crippen LogP contribution in [0.25, 0.3) is 0 Å². The van der Waals surface area contributed by atoms with Crippen molar-refractivity contribution in [3.63, 3.8) is 0 Å². The van der Waals surface area contributed by atoms with Gasteiger partial charge in [0.15, 0.2) is 0 Å². The zero-order chi connectivity index (χ0) is 24.6. The van der Waals surface area contributed by atoms with Crippen LogP contribution < -0.4 is 9.62 Å². The highest BCUT2D eigenvalue weighted by Gasteiger charge is 2.30. The van der Waals surface area contributed by atoms with Gasteiger partial charge in [0.05, 0.1) is 11.9 Å². The van der Waals surface area contributed by atoms with E-state index in [1.807, 2.05) is 6.92 Å². The molecule has 0 aliphatic carbocycles. The first kappa shape index (κ1) is 26.2. The van der Waals surface area contributed by atoms with E-state index in [0.29, 0.717) is 6.54 Å². The molecule has 33 heavy (non-hydrogen) atoms. The van der Waals surface area contributed by atoms with Gasteiger partial charge in [-0.1, -0.05) is 37.6 Å². The zero-order valence-corrected chi connectivity index (χ0v) is 19.7. The molecule has 0 aromatic heterocycles. The molecular formula is C23H29F2N3O4S. The summed E-state index contributed by atoms with van der Waals surface area (Å²) < 4.78 is 53.5. The Balaban J connectivity index is 2.36. The minimum Gasteiger partial charge on any atom is -0.354 e. The number of nitrogens with zero attached hydrogens (tertiary/aromatic N) is 2. The number of hydrogen-bond donors (Lipinski definition) is 1. The third-order valence-electron chi connectivity index (χ3n) is 5.07. The average molecular weight is 482 g/mol. The fourth-order valence-corrected chi connectivity index (χ4v) is 4.02. The fourth-order valence-electron chi connectivity index (χ4n) is 3.17. The highest BCUT2D eigenvalue weighted by Crippen LogP contribution is 2.20. The Hall–Kier alpha value is -3.01. The van der Waals surface area contributed by atoms with E-state index < -0.39 is 46.1 Å². The van der Waals surface area contributed by atoms with Gasteiger partial charge < -0.3 is 10.2 Å². The van der Waals surface area contributed by atoms with E-state index in [1.54, 1.807) is 6.07 Å². The number of halogens is 2. The molecule has 1 atom stereocenters. The molecule has 0 saturated heterocycles. The summed E-state index contributed by atoms with van der Waals surface area (Å²) in [6, 6.07) is 9.66. The lowest BCUT2D eigenvalue weighted by molar-refractivity contribution is -0.139. The molecule has 0 heterocycles. The topological polar surface area (TPSA) is 86.8 Å². The van der Waals surface area contributed by atoms with Crippen molar-refractivity contribution >= 4 is 27.5 Å². The molecule has 0 aliphatic rings. The van der Waals surface area contributed by atoms with Crippen LogP contribution in [-0.2, 0) is 26.2 Å². The number of hydrogen-bond acceptors (Lipinski definition) is 4. The van der Waals surface area contributed by atoms with E-state index in [0.717, 1.165) is 40.4 Å². The van der Waals surface area contributed by atoms with Crippen LogP contribution >= 0.6 is 0 Å². The maximum absolute atomic E-state index is 14.3. The SMILES string of the molecule is CCCCNC(=O)[C@@H](C)N(Cc1ccccc1F)C(=O)CN(c1cccc(F)c1)S(C)(=O)=O. The molecule has 2 aromatic rings. The highest BCUT2D eigenvalue weighted by molar-refractivity contribution is 7.92. The normalized spacial score (nSPS) is 12.2. The molecule has 0 aliphatic heterocycles. The largest absolute Gasteiger partial charge is 0.354 e. The van der Waals surface area contributed by atoms with Crippen molar-refractivity contribution in [2.75, 3.05) is 23.7 Å². The van der Waals surface area contributed by atoms with Crippen molar-refractivity contribution in [3.05, 3.63) is 65.7 Å². The van der Waals surface area contributed by atoms with Crippen molar-refractivity contribution in [3.8, 4) is 0 Å². The molecule has 0 fully saturated rings. The summed E-state index contributed by atoms with van der Waals surface area (Å²) in [5.41, 5.74) is 0.146. The van der Waals surface area contributed by atoms with Crippen LogP contribution in [0.5, 0.6) is 0 Å². The minimum absolute atomic E-state index is 0.0308.